The highest BCUT2D eigenvalue weighted by molar-refractivity contribution is 7.91. The van der Waals surface area contributed by atoms with E-state index in [-0.39, 0.29) is 11.8 Å². The summed E-state index contributed by atoms with van der Waals surface area (Å²) < 4.78 is 22.8. The molecule has 1 aliphatic heterocycles. The molecule has 1 N–H and O–H groups in total. The minimum absolute atomic E-state index is 0.0979. The Labute approximate surface area is 107 Å². The lowest BCUT2D eigenvalue weighted by atomic mass is 10.2. The van der Waals surface area contributed by atoms with Crippen LogP contribution in [0.4, 0.5) is 5.82 Å². The maximum atomic E-state index is 11.4. The van der Waals surface area contributed by atoms with Gasteiger partial charge < -0.3 is 5.32 Å². The Morgan fingerprint density at radius 2 is 2.22 bits per heavy atom. The Balaban J connectivity index is 1.96. The van der Waals surface area contributed by atoms with Crippen molar-refractivity contribution >= 4 is 15.7 Å². The molecule has 1 aliphatic rings. The second kappa shape index (κ2) is 5.19. The van der Waals surface area contributed by atoms with Crippen molar-refractivity contribution in [2.45, 2.75) is 19.0 Å². The van der Waals surface area contributed by atoms with Crippen LogP contribution in [0, 0.1) is 0 Å². The van der Waals surface area contributed by atoms with E-state index in [0.29, 0.717) is 18.7 Å². The number of rotatable bonds is 4. The van der Waals surface area contributed by atoms with E-state index in [9.17, 15) is 8.42 Å². The molecular weight excluding hydrogens is 252 g/mol. The molecule has 1 aromatic rings. The molecule has 6 nitrogen and oxygen atoms in total. The summed E-state index contributed by atoms with van der Waals surface area (Å²) in [5.74, 6) is 1.28. The fraction of sp³-hybridized carbons (Fsp3) is 0.636. The Hall–Kier alpha value is -1.21. The Morgan fingerprint density at radius 1 is 1.44 bits per heavy atom. The largest absolute Gasteiger partial charge is 0.372 e. The average molecular weight is 270 g/mol. The van der Waals surface area contributed by atoms with Crippen LogP contribution in [0.25, 0.3) is 0 Å². The number of sulfone groups is 1. The average Bonchev–Trinajstić information content (AvgIpc) is 2.71. The van der Waals surface area contributed by atoms with Gasteiger partial charge in [0, 0.05) is 19.6 Å². The number of hydrogen-bond acceptors (Lipinski definition) is 6. The molecule has 1 saturated heterocycles. The number of nitrogens with one attached hydrogen (secondary N) is 1. The van der Waals surface area contributed by atoms with Gasteiger partial charge in [-0.3, -0.25) is 9.88 Å². The summed E-state index contributed by atoms with van der Waals surface area (Å²) in [5, 5.41) is 2.91. The van der Waals surface area contributed by atoms with E-state index in [1.807, 2.05) is 11.9 Å². The van der Waals surface area contributed by atoms with Crippen LogP contribution in [0.3, 0.4) is 0 Å². The minimum Gasteiger partial charge on any atom is -0.372 e. The van der Waals surface area contributed by atoms with Crippen molar-refractivity contribution in [2.75, 3.05) is 30.9 Å². The van der Waals surface area contributed by atoms with Crippen molar-refractivity contribution in [3.63, 3.8) is 0 Å². The molecule has 1 fully saturated rings. The first-order valence-corrected chi connectivity index (χ1v) is 7.71. The Morgan fingerprint density at radius 3 is 2.72 bits per heavy atom. The van der Waals surface area contributed by atoms with Crippen LogP contribution in [0.15, 0.2) is 12.4 Å². The molecule has 0 aliphatic carbocycles. The predicted octanol–water partition coefficient (Wildman–Crippen LogP) is 0.137. The Bertz CT molecular complexity index is 500. The summed E-state index contributed by atoms with van der Waals surface area (Å²) in [6.45, 7) is 0.622. The van der Waals surface area contributed by atoms with Crippen LogP contribution >= 0.6 is 0 Å². The molecule has 0 aromatic carbocycles. The minimum atomic E-state index is -2.83. The lowest BCUT2D eigenvalue weighted by molar-refractivity contribution is 0.251. The third-order valence-corrected chi connectivity index (χ3v) is 4.95. The molecule has 18 heavy (non-hydrogen) atoms. The van der Waals surface area contributed by atoms with Gasteiger partial charge in [-0.15, -0.1) is 0 Å². The normalized spacial score (nSPS) is 22.3. The number of nitrogens with zero attached hydrogens (tertiary/aromatic N) is 3. The zero-order valence-electron chi connectivity index (χ0n) is 10.6. The van der Waals surface area contributed by atoms with Crippen molar-refractivity contribution in [2.24, 2.45) is 0 Å². The van der Waals surface area contributed by atoms with Gasteiger partial charge in [-0.2, -0.15) is 0 Å². The Kier molecular flexibility index (Phi) is 3.82. The molecule has 0 amide bonds. The predicted molar refractivity (Wildman–Crippen MR) is 70.1 cm³/mol. The zero-order chi connectivity index (χ0) is 13.2. The second-order valence-electron chi connectivity index (χ2n) is 4.61. The van der Waals surface area contributed by atoms with Crippen LogP contribution in [0.1, 0.15) is 12.1 Å². The van der Waals surface area contributed by atoms with E-state index in [0.717, 1.165) is 11.5 Å². The topological polar surface area (TPSA) is 75.2 Å². The molecule has 2 rings (SSSR count). The van der Waals surface area contributed by atoms with Gasteiger partial charge in [0.1, 0.15) is 5.82 Å². The molecule has 0 spiro atoms. The van der Waals surface area contributed by atoms with E-state index in [4.69, 9.17) is 0 Å². The van der Waals surface area contributed by atoms with Crippen molar-refractivity contribution in [3.05, 3.63) is 18.1 Å². The molecule has 1 atom stereocenters. The van der Waals surface area contributed by atoms with Gasteiger partial charge in [-0.1, -0.05) is 0 Å². The van der Waals surface area contributed by atoms with Crippen molar-refractivity contribution in [1.82, 2.24) is 14.9 Å². The van der Waals surface area contributed by atoms with Crippen LogP contribution in [0.5, 0.6) is 0 Å². The highest BCUT2D eigenvalue weighted by Crippen LogP contribution is 2.17. The molecule has 7 heteroatoms. The van der Waals surface area contributed by atoms with Crippen molar-refractivity contribution in [3.8, 4) is 0 Å². The van der Waals surface area contributed by atoms with Gasteiger partial charge in [0.25, 0.3) is 0 Å². The summed E-state index contributed by atoms with van der Waals surface area (Å²) in [7, 11) is 0.889. The first-order chi connectivity index (χ1) is 8.50. The lowest BCUT2D eigenvalue weighted by Gasteiger charge is -2.22. The summed E-state index contributed by atoms with van der Waals surface area (Å²) in [5.41, 5.74) is 0.848. The van der Waals surface area contributed by atoms with Gasteiger partial charge >= 0.3 is 0 Å². The smallest absolute Gasteiger partial charge is 0.151 e. The van der Waals surface area contributed by atoms with E-state index >= 15 is 0 Å². The number of anilines is 1. The number of hydrogen-bond donors (Lipinski definition) is 1. The van der Waals surface area contributed by atoms with Crippen LogP contribution in [-0.2, 0) is 16.4 Å². The monoisotopic (exact) mass is 270 g/mol. The molecule has 0 radical (unpaired) electrons. The second-order valence-corrected chi connectivity index (χ2v) is 6.84. The van der Waals surface area contributed by atoms with Gasteiger partial charge in [0.05, 0.1) is 29.6 Å². The molecule has 1 unspecified atom stereocenters. The highest BCUT2D eigenvalue weighted by Gasteiger charge is 2.30. The lowest BCUT2D eigenvalue weighted by Crippen LogP contribution is -2.32. The van der Waals surface area contributed by atoms with E-state index in [1.165, 1.54) is 0 Å². The fourth-order valence-electron chi connectivity index (χ4n) is 2.07. The maximum absolute atomic E-state index is 11.4. The molecule has 0 bridgehead atoms. The van der Waals surface area contributed by atoms with Crippen molar-refractivity contribution in [1.29, 1.82) is 0 Å². The van der Waals surface area contributed by atoms with Crippen molar-refractivity contribution < 1.29 is 8.42 Å². The van der Waals surface area contributed by atoms with E-state index in [1.54, 1.807) is 19.4 Å². The molecule has 1 aromatic heterocycles. The summed E-state index contributed by atoms with van der Waals surface area (Å²) in [6.07, 6.45) is 4.10. The molecule has 100 valence electrons. The summed E-state index contributed by atoms with van der Waals surface area (Å²) in [6, 6.07) is 0.0979. The molecule has 0 saturated carbocycles. The fourth-order valence-corrected chi connectivity index (χ4v) is 3.88. The summed E-state index contributed by atoms with van der Waals surface area (Å²) in [4.78, 5) is 10.5. The SMILES string of the molecule is CNc1cnc(CN(C)C2CCS(=O)(=O)C2)cn1. The first kappa shape index (κ1) is 13.2. The van der Waals surface area contributed by atoms with Gasteiger partial charge in [-0.05, 0) is 13.5 Å². The third kappa shape index (κ3) is 3.17. The number of aromatic nitrogens is 2. The van der Waals surface area contributed by atoms with Crippen LogP contribution in [-0.4, -0.2) is 54.9 Å². The zero-order valence-corrected chi connectivity index (χ0v) is 11.4. The highest BCUT2D eigenvalue weighted by atomic mass is 32.2. The maximum Gasteiger partial charge on any atom is 0.151 e. The molecular formula is C11H18N4O2S. The van der Waals surface area contributed by atoms with E-state index < -0.39 is 9.84 Å². The third-order valence-electron chi connectivity index (χ3n) is 3.20. The van der Waals surface area contributed by atoms with Gasteiger partial charge in [0.2, 0.25) is 0 Å². The molecule has 2 heterocycles. The van der Waals surface area contributed by atoms with Gasteiger partial charge in [-0.25, -0.2) is 13.4 Å². The quantitative estimate of drug-likeness (QED) is 0.838. The van der Waals surface area contributed by atoms with Crippen LogP contribution < -0.4 is 5.32 Å². The summed E-state index contributed by atoms with van der Waals surface area (Å²) >= 11 is 0. The first-order valence-electron chi connectivity index (χ1n) is 5.89. The van der Waals surface area contributed by atoms with Crippen LogP contribution in [0.2, 0.25) is 0 Å². The standard InChI is InChI=1S/C11H18N4O2S/c1-12-11-6-13-9(5-14-11)7-15(2)10-3-4-18(16,17)8-10/h5-6,10H,3-4,7-8H2,1-2H3,(H,12,14). The van der Waals surface area contributed by atoms with E-state index in [2.05, 4.69) is 15.3 Å². The van der Waals surface area contributed by atoms with Gasteiger partial charge in [0.15, 0.2) is 9.84 Å².